The van der Waals surface area contributed by atoms with Crippen LogP contribution in [0.15, 0.2) is 0 Å². The zero-order valence-corrected chi connectivity index (χ0v) is 10.2. The molecule has 0 aromatic heterocycles. The van der Waals surface area contributed by atoms with Gasteiger partial charge in [0.05, 0.1) is 6.61 Å². The largest absolute Gasteiger partial charge is 0.458 e. The van der Waals surface area contributed by atoms with E-state index in [0.29, 0.717) is 13.0 Å². The third-order valence-corrected chi connectivity index (χ3v) is 2.71. The molecule has 1 aliphatic heterocycles. The van der Waals surface area contributed by atoms with Crippen molar-refractivity contribution in [3.8, 4) is 0 Å². The first-order chi connectivity index (χ1) is 7.00. The second-order valence-corrected chi connectivity index (χ2v) is 4.14. The van der Waals surface area contributed by atoms with Gasteiger partial charge >= 0.3 is 11.9 Å². The number of hydrogen-bond acceptors (Lipinski definition) is 5. The number of alkyl halides is 1. The number of carbonyl (C=O) groups excluding carboxylic acids is 2. The lowest BCUT2D eigenvalue weighted by molar-refractivity contribution is -0.182. The Balaban J connectivity index is 2.63. The molecule has 0 saturated carbocycles. The van der Waals surface area contributed by atoms with Crippen LogP contribution in [0.5, 0.6) is 0 Å². The van der Waals surface area contributed by atoms with Crippen molar-refractivity contribution in [2.75, 3.05) is 6.61 Å². The Labute approximate surface area is 96.2 Å². The highest BCUT2D eigenvalue weighted by Gasteiger charge is 2.37. The number of ether oxygens (including phenoxy) is 3. The number of halogens is 1. The lowest BCUT2D eigenvalue weighted by Gasteiger charge is -2.33. The van der Waals surface area contributed by atoms with Crippen LogP contribution in [0, 0.1) is 0 Å². The van der Waals surface area contributed by atoms with Crippen molar-refractivity contribution >= 4 is 27.9 Å². The Morgan fingerprint density at radius 2 is 1.87 bits per heavy atom. The highest BCUT2D eigenvalue weighted by atomic mass is 79.9. The van der Waals surface area contributed by atoms with Gasteiger partial charge in [-0.15, -0.1) is 0 Å². The van der Waals surface area contributed by atoms with E-state index in [1.165, 1.54) is 13.8 Å². The summed E-state index contributed by atoms with van der Waals surface area (Å²) in [5, 5.41) is -0.431. The van der Waals surface area contributed by atoms with E-state index in [2.05, 4.69) is 15.9 Å². The van der Waals surface area contributed by atoms with Gasteiger partial charge in [0.15, 0.2) is 11.1 Å². The molecule has 1 aliphatic rings. The SMILES string of the molecule is CC(=O)O[C@H]1[C@H](Br)OCC[C@@H]1OC(C)=O. The number of hydrogen-bond donors (Lipinski definition) is 0. The van der Waals surface area contributed by atoms with Gasteiger partial charge in [-0.1, -0.05) is 15.9 Å². The number of esters is 2. The fourth-order valence-electron chi connectivity index (χ4n) is 1.38. The molecule has 15 heavy (non-hydrogen) atoms. The summed E-state index contributed by atoms with van der Waals surface area (Å²) in [6, 6.07) is 0. The van der Waals surface area contributed by atoms with Crippen molar-refractivity contribution in [1.82, 2.24) is 0 Å². The van der Waals surface area contributed by atoms with Crippen LogP contribution in [0.4, 0.5) is 0 Å². The van der Waals surface area contributed by atoms with Gasteiger partial charge in [0.1, 0.15) is 6.10 Å². The average molecular weight is 281 g/mol. The molecule has 0 N–H and O–H groups in total. The number of rotatable bonds is 2. The van der Waals surface area contributed by atoms with E-state index in [1.807, 2.05) is 0 Å². The van der Waals surface area contributed by atoms with Gasteiger partial charge in [-0.3, -0.25) is 9.59 Å². The molecule has 0 radical (unpaired) electrons. The molecule has 1 fully saturated rings. The van der Waals surface area contributed by atoms with Crippen LogP contribution in [0.2, 0.25) is 0 Å². The maximum Gasteiger partial charge on any atom is 0.303 e. The van der Waals surface area contributed by atoms with Crippen molar-refractivity contribution < 1.29 is 23.8 Å². The minimum absolute atomic E-state index is 0.390. The highest BCUT2D eigenvalue weighted by molar-refractivity contribution is 9.09. The molecule has 3 atom stereocenters. The van der Waals surface area contributed by atoms with Crippen LogP contribution in [0.1, 0.15) is 20.3 Å². The summed E-state index contributed by atoms with van der Waals surface area (Å²) in [5.41, 5.74) is 0. The molecule has 0 bridgehead atoms. The Morgan fingerprint density at radius 1 is 1.27 bits per heavy atom. The Kier molecular flexibility index (Phi) is 4.53. The first-order valence-electron chi connectivity index (χ1n) is 4.61. The lowest BCUT2D eigenvalue weighted by Crippen LogP contribution is -2.46. The summed E-state index contributed by atoms with van der Waals surface area (Å²) in [5.74, 6) is -0.814. The molecule has 86 valence electrons. The average Bonchev–Trinajstić information content (AvgIpc) is 2.09. The minimum atomic E-state index is -0.583. The molecular weight excluding hydrogens is 268 g/mol. The van der Waals surface area contributed by atoms with Crippen molar-refractivity contribution in [3.63, 3.8) is 0 Å². The van der Waals surface area contributed by atoms with Crippen LogP contribution < -0.4 is 0 Å². The van der Waals surface area contributed by atoms with Gasteiger partial charge in [0.2, 0.25) is 0 Å². The lowest BCUT2D eigenvalue weighted by atomic mass is 10.1. The van der Waals surface area contributed by atoms with Gasteiger partial charge in [-0.05, 0) is 0 Å². The minimum Gasteiger partial charge on any atom is -0.458 e. The van der Waals surface area contributed by atoms with Gasteiger partial charge in [-0.2, -0.15) is 0 Å². The van der Waals surface area contributed by atoms with Gasteiger partial charge in [-0.25, -0.2) is 0 Å². The normalized spacial score (nSPS) is 30.7. The molecule has 1 rings (SSSR count). The standard InChI is InChI=1S/C9H13BrO5/c1-5(11)14-7-3-4-13-9(10)8(7)15-6(2)12/h7-9H,3-4H2,1-2H3/t7-,8+,9+/m0/s1. The van der Waals surface area contributed by atoms with E-state index in [-0.39, 0.29) is 0 Å². The first-order valence-corrected chi connectivity index (χ1v) is 5.52. The van der Waals surface area contributed by atoms with Crippen molar-refractivity contribution in [3.05, 3.63) is 0 Å². The maximum atomic E-state index is 10.8. The highest BCUT2D eigenvalue weighted by Crippen LogP contribution is 2.24. The number of carbonyl (C=O) groups is 2. The van der Waals surface area contributed by atoms with E-state index in [9.17, 15) is 9.59 Å². The van der Waals surface area contributed by atoms with Crippen molar-refractivity contribution in [2.45, 2.75) is 37.5 Å². The second-order valence-electron chi connectivity index (χ2n) is 3.23. The Bertz CT molecular complexity index is 255. The van der Waals surface area contributed by atoms with Crippen LogP contribution in [-0.2, 0) is 23.8 Å². The molecule has 0 amide bonds. The first kappa shape index (κ1) is 12.4. The summed E-state index contributed by atoms with van der Waals surface area (Å²) in [6.45, 7) is 3.09. The molecule has 0 aromatic rings. The zero-order chi connectivity index (χ0) is 11.4. The topological polar surface area (TPSA) is 61.8 Å². The zero-order valence-electron chi connectivity index (χ0n) is 8.57. The molecule has 5 nitrogen and oxygen atoms in total. The molecule has 0 aliphatic carbocycles. The third kappa shape index (κ3) is 3.79. The predicted octanol–water partition coefficient (Wildman–Crippen LogP) is 0.991. The molecule has 0 spiro atoms. The van der Waals surface area contributed by atoms with Gasteiger partial charge in [0, 0.05) is 20.3 Å². The maximum absolute atomic E-state index is 10.8. The van der Waals surface area contributed by atoms with E-state index < -0.39 is 29.2 Å². The van der Waals surface area contributed by atoms with Crippen LogP contribution in [0.3, 0.4) is 0 Å². The predicted molar refractivity (Wildman–Crippen MR) is 54.4 cm³/mol. The van der Waals surface area contributed by atoms with Crippen LogP contribution in [0.25, 0.3) is 0 Å². The molecule has 1 saturated heterocycles. The second kappa shape index (κ2) is 5.46. The molecular formula is C9H13BrO5. The molecule has 0 unspecified atom stereocenters. The molecule has 0 aromatic carbocycles. The quantitative estimate of drug-likeness (QED) is 0.558. The summed E-state index contributed by atoms with van der Waals surface area (Å²) in [4.78, 5) is 21.7. The van der Waals surface area contributed by atoms with Gasteiger partial charge < -0.3 is 14.2 Å². The van der Waals surface area contributed by atoms with Gasteiger partial charge in [0.25, 0.3) is 0 Å². The van der Waals surface area contributed by atoms with E-state index in [4.69, 9.17) is 14.2 Å². The summed E-state index contributed by atoms with van der Waals surface area (Å²) < 4.78 is 15.3. The molecule has 6 heteroatoms. The summed E-state index contributed by atoms with van der Waals surface area (Å²) in [7, 11) is 0. The summed E-state index contributed by atoms with van der Waals surface area (Å²) >= 11 is 3.22. The Morgan fingerprint density at radius 3 is 2.40 bits per heavy atom. The molecule has 1 heterocycles. The Hall–Kier alpha value is -0.620. The smallest absolute Gasteiger partial charge is 0.303 e. The fourth-order valence-corrected chi connectivity index (χ4v) is 2.02. The monoisotopic (exact) mass is 280 g/mol. The fraction of sp³-hybridized carbons (Fsp3) is 0.778. The third-order valence-electron chi connectivity index (χ3n) is 1.92. The van der Waals surface area contributed by atoms with Crippen molar-refractivity contribution in [2.24, 2.45) is 0 Å². The van der Waals surface area contributed by atoms with Crippen LogP contribution in [-0.4, -0.2) is 35.8 Å². The van der Waals surface area contributed by atoms with Crippen molar-refractivity contribution in [1.29, 1.82) is 0 Å². The summed E-state index contributed by atoms with van der Waals surface area (Å²) in [6.07, 6.45) is -0.496. The van der Waals surface area contributed by atoms with E-state index in [0.717, 1.165) is 0 Å². The van der Waals surface area contributed by atoms with E-state index >= 15 is 0 Å². The van der Waals surface area contributed by atoms with E-state index in [1.54, 1.807) is 0 Å². The van der Waals surface area contributed by atoms with Crippen LogP contribution >= 0.6 is 15.9 Å².